The molecule has 3 nitrogen and oxygen atoms in total. The highest BCUT2D eigenvalue weighted by molar-refractivity contribution is 5.44. The van der Waals surface area contributed by atoms with Crippen LogP contribution < -0.4 is 5.32 Å². The highest BCUT2D eigenvalue weighted by Gasteiger charge is 2.29. The minimum atomic E-state index is 0.419. The molecule has 1 atom stereocenters. The fraction of sp³-hybridized carbons (Fsp3) is 0.357. The van der Waals surface area contributed by atoms with E-state index in [1.807, 2.05) is 13.2 Å². The fourth-order valence-corrected chi connectivity index (χ4v) is 2.35. The first-order valence-corrected chi connectivity index (χ1v) is 6.05. The highest BCUT2D eigenvalue weighted by Crippen LogP contribution is 2.39. The molecule has 0 bridgehead atoms. The SMILES string of the molecule is CNCCc1ncc(C2Cc3ccccc32)o1. The van der Waals surface area contributed by atoms with Crippen LogP contribution in [0.15, 0.2) is 34.9 Å². The number of oxazole rings is 1. The number of rotatable bonds is 4. The molecule has 1 aliphatic carbocycles. The van der Waals surface area contributed by atoms with E-state index in [4.69, 9.17) is 4.42 Å². The second-order valence-electron chi connectivity index (χ2n) is 4.47. The van der Waals surface area contributed by atoms with Crippen LogP contribution in [0.25, 0.3) is 0 Å². The molecule has 1 heterocycles. The van der Waals surface area contributed by atoms with Crippen molar-refractivity contribution in [1.29, 1.82) is 0 Å². The molecule has 1 aromatic heterocycles. The van der Waals surface area contributed by atoms with Crippen LogP contribution >= 0.6 is 0 Å². The maximum atomic E-state index is 5.80. The third kappa shape index (κ3) is 1.87. The molecule has 0 spiro atoms. The molecule has 1 N–H and O–H groups in total. The molecule has 0 saturated heterocycles. The molecule has 17 heavy (non-hydrogen) atoms. The molecule has 88 valence electrons. The topological polar surface area (TPSA) is 38.1 Å². The summed E-state index contributed by atoms with van der Waals surface area (Å²) in [4.78, 5) is 4.32. The summed E-state index contributed by atoms with van der Waals surface area (Å²) in [5.74, 6) is 2.26. The van der Waals surface area contributed by atoms with Crippen LogP contribution in [0.2, 0.25) is 0 Å². The lowest BCUT2D eigenvalue weighted by Gasteiger charge is -2.27. The van der Waals surface area contributed by atoms with Crippen LogP contribution in [0.1, 0.15) is 28.7 Å². The van der Waals surface area contributed by atoms with Gasteiger partial charge in [-0.2, -0.15) is 0 Å². The summed E-state index contributed by atoms with van der Waals surface area (Å²) in [7, 11) is 1.94. The molecule has 0 saturated carbocycles. The monoisotopic (exact) mass is 228 g/mol. The van der Waals surface area contributed by atoms with Crippen molar-refractivity contribution in [3.05, 3.63) is 53.2 Å². The number of likely N-dealkylation sites (N-methyl/N-ethyl adjacent to an activating group) is 1. The second-order valence-corrected chi connectivity index (χ2v) is 4.47. The summed E-state index contributed by atoms with van der Waals surface area (Å²) in [6, 6.07) is 8.54. The van der Waals surface area contributed by atoms with E-state index >= 15 is 0 Å². The molecule has 0 aliphatic heterocycles. The zero-order valence-electron chi connectivity index (χ0n) is 9.94. The van der Waals surface area contributed by atoms with E-state index in [1.54, 1.807) is 0 Å². The zero-order chi connectivity index (χ0) is 11.7. The van der Waals surface area contributed by atoms with Crippen molar-refractivity contribution in [2.75, 3.05) is 13.6 Å². The van der Waals surface area contributed by atoms with Gasteiger partial charge in [-0.3, -0.25) is 0 Å². The van der Waals surface area contributed by atoms with E-state index in [-0.39, 0.29) is 0 Å². The number of nitrogens with one attached hydrogen (secondary N) is 1. The van der Waals surface area contributed by atoms with Crippen LogP contribution in [0, 0.1) is 0 Å². The van der Waals surface area contributed by atoms with E-state index in [9.17, 15) is 0 Å². The number of hydrogen-bond acceptors (Lipinski definition) is 3. The smallest absolute Gasteiger partial charge is 0.195 e. The lowest BCUT2D eigenvalue weighted by Crippen LogP contribution is -2.17. The number of aromatic nitrogens is 1. The van der Waals surface area contributed by atoms with Crippen LogP contribution in [0.4, 0.5) is 0 Å². The van der Waals surface area contributed by atoms with Gasteiger partial charge in [0.2, 0.25) is 0 Å². The Hall–Kier alpha value is -1.61. The van der Waals surface area contributed by atoms with E-state index < -0.39 is 0 Å². The summed E-state index contributed by atoms with van der Waals surface area (Å²) in [5.41, 5.74) is 2.83. The minimum Gasteiger partial charge on any atom is -0.445 e. The van der Waals surface area contributed by atoms with E-state index in [1.165, 1.54) is 11.1 Å². The second kappa shape index (κ2) is 4.34. The van der Waals surface area contributed by atoms with Crippen molar-refractivity contribution in [3.63, 3.8) is 0 Å². The van der Waals surface area contributed by atoms with Gasteiger partial charge in [0.25, 0.3) is 0 Å². The molecule has 1 aliphatic rings. The molecule has 0 amide bonds. The zero-order valence-corrected chi connectivity index (χ0v) is 9.94. The number of fused-ring (bicyclic) bond motifs is 1. The largest absolute Gasteiger partial charge is 0.445 e. The fourth-order valence-electron chi connectivity index (χ4n) is 2.35. The summed E-state index contributed by atoms with van der Waals surface area (Å²) in [5, 5.41) is 3.10. The maximum Gasteiger partial charge on any atom is 0.195 e. The third-order valence-corrected chi connectivity index (χ3v) is 3.36. The van der Waals surface area contributed by atoms with Crippen molar-refractivity contribution in [1.82, 2.24) is 10.3 Å². The first kappa shape index (κ1) is 10.5. The van der Waals surface area contributed by atoms with Crippen LogP contribution in [0.5, 0.6) is 0 Å². The predicted octanol–water partition coefficient (Wildman–Crippen LogP) is 2.12. The van der Waals surface area contributed by atoms with Crippen molar-refractivity contribution in [3.8, 4) is 0 Å². The maximum absolute atomic E-state index is 5.80. The first-order valence-electron chi connectivity index (χ1n) is 6.05. The van der Waals surface area contributed by atoms with Crippen molar-refractivity contribution in [2.24, 2.45) is 0 Å². The van der Waals surface area contributed by atoms with Gasteiger partial charge in [0.1, 0.15) is 5.76 Å². The summed E-state index contributed by atoms with van der Waals surface area (Å²) in [6.45, 7) is 0.904. The lowest BCUT2D eigenvalue weighted by molar-refractivity contribution is 0.424. The van der Waals surface area contributed by atoms with Gasteiger partial charge >= 0.3 is 0 Å². The first-order chi connectivity index (χ1) is 8.38. The number of benzene rings is 1. The molecular weight excluding hydrogens is 212 g/mol. The molecule has 1 aromatic carbocycles. The van der Waals surface area contributed by atoms with E-state index in [0.29, 0.717) is 5.92 Å². The highest BCUT2D eigenvalue weighted by atomic mass is 16.4. The van der Waals surface area contributed by atoms with Gasteiger partial charge in [-0.05, 0) is 24.6 Å². The quantitative estimate of drug-likeness (QED) is 0.871. The van der Waals surface area contributed by atoms with Crippen LogP contribution in [-0.2, 0) is 12.8 Å². The molecule has 2 aromatic rings. The lowest BCUT2D eigenvalue weighted by atomic mass is 9.76. The Bertz CT molecular complexity index is 518. The normalized spacial score (nSPS) is 17.6. The van der Waals surface area contributed by atoms with Gasteiger partial charge in [-0.15, -0.1) is 0 Å². The Kier molecular flexibility index (Phi) is 2.69. The van der Waals surface area contributed by atoms with Gasteiger partial charge in [-0.25, -0.2) is 4.98 Å². The molecule has 0 radical (unpaired) electrons. The van der Waals surface area contributed by atoms with Crippen LogP contribution in [-0.4, -0.2) is 18.6 Å². The number of hydrogen-bond donors (Lipinski definition) is 1. The van der Waals surface area contributed by atoms with E-state index in [2.05, 4.69) is 34.6 Å². The molecule has 3 rings (SSSR count). The third-order valence-electron chi connectivity index (χ3n) is 3.36. The summed E-state index contributed by atoms with van der Waals surface area (Å²) >= 11 is 0. The molecule has 1 unspecified atom stereocenters. The average molecular weight is 228 g/mol. The van der Waals surface area contributed by atoms with Crippen molar-refractivity contribution in [2.45, 2.75) is 18.8 Å². The Balaban J connectivity index is 1.76. The van der Waals surface area contributed by atoms with Crippen molar-refractivity contribution >= 4 is 0 Å². The molecule has 0 fully saturated rings. The molecular formula is C14H16N2O. The van der Waals surface area contributed by atoms with Gasteiger partial charge < -0.3 is 9.73 Å². The Labute approximate surface area is 101 Å². The number of nitrogens with zero attached hydrogens (tertiary/aromatic N) is 1. The standard InChI is InChI=1S/C14H16N2O/c1-15-7-6-14-16-9-13(17-14)12-8-10-4-2-3-5-11(10)12/h2-5,9,12,15H,6-8H2,1H3. The summed E-state index contributed by atoms with van der Waals surface area (Å²) < 4.78 is 5.80. The van der Waals surface area contributed by atoms with Gasteiger partial charge in [-0.1, -0.05) is 24.3 Å². The van der Waals surface area contributed by atoms with Crippen molar-refractivity contribution < 1.29 is 4.42 Å². The molecule has 3 heteroatoms. The van der Waals surface area contributed by atoms with Gasteiger partial charge in [0, 0.05) is 18.9 Å². The minimum absolute atomic E-state index is 0.419. The van der Waals surface area contributed by atoms with Gasteiger partial charge in [0.15, 0.2) is 5.89 Å². The Morgan fingerprint density at radius 3 is 3.12 bits per heavy atom. The Morgan fingerprint density at radius 2 is 2.29 bits per heavy atom. The van der Waals surface area contributed by atoms with E-state index in [0.717, 1.165) is 31.0 Å². The van der Waals surface area contributed by atoms with Crippen LogP contribution in [0.3, 0.4) is 0 Å². The Morgan fingerprint density at radius 1 is 1.41 bits per heavy atom. The predicted molar refractivity (Wildman–Crippen MR) is 66.1 cm³/mol. The summed E-state index contributed by atoms with van der Waals surface area (Å²) in [6.07, 6.45) is 3.81. The van der Waals surface area contributed by atoms with Gasteiger partial charge in [0.05, 0.1) is 6.20 Å². The average Bonchev–Trinajstić information content (AvgIpc) is 2.76.